The highest BCUT2D eigenvalue weighted by Gasteiger charge is 2.22. The first-order valence-corrected chi connectivity index (χ1v) is 10.9. The number of benzene rings is 2. The SMILES string of the molecule is O=C(Cc1ccc2c(c1)OCO2)N(Cc1cccnc1)c1nc2ccc(Br)cc2s1. The number of hydrogen-bond acceptors (Lipinski definition) is 6. The van der Waals surface area contributed by atoms with Gasteiger partial charge in [-0.15, -0.1) is 0 Å². The second-order valence-electron chi connectivity index (χ2n) is 6.81. The summed E-state index contributed by atoms with van der Waals surface area (Å²) in [7, 11) is 0. The molecule has 0 aliphatic carbocycles. The lowest BCUT2D eigenvalue weighted by molar-refractivity contribution is -0.118. The van der Waals surface area contributed by atoms with Gasteiger partial charge in [-0.1, -0.05) is 39.4 Å². The van der Waals surface area contributed by atoms with Crippen LogP contribution in [0.1, 0.15) is 11.1 Å². The normalized spacial score (nSPS) is 12.3. The Hall–Kier alpha value is -2.97. The molecule has 8 heteroatoms. The molecular formula is C22H16BrN3O3S. The Balaban J connectivity index is 1.47. The fourth-order valence-corrected chi connectivity index (χ4v) is 4.79. The molecule has 5 rings (SSSR count). The third-order valence-corrected chi connectivity index (χ3v) is 6.26. The van der Waals surface area contributed by atoms with Crippen LogP contribution in [0.4, 0.5) is 5.13 Å². The van der Waals surface area contributed by atoms with Crippen molar-refractivity contribution in [1.29, 1.82) is 0 Å². The van der Waals surface area contributed by atoms with Gasteiger partial charge in [-0.2, -0.15) is 0 Å². The van der Waals surface area contributed by atoms with E-state index >= 15 is 0 Å². The molecule has 2 aromatic heterocycles. The van der Waals surface area contributed by atoms with E-state index in [2.05, 4.69) is 20.9 Å². The maximum absolute atomic E-state index is 13.4. The fourth-order valence-electron chi connectivity index (χ4n) is 3.26. The van der Waals surface area contributed by atoms with Gasteiger partial charge in [0.15, 0.2) is 16.6 Å². The number of anilines is 1. The molecule has 0 fully saturated rings. The van der Waals surface area contributed by atoms with Crippen LogP contribution in [-0.4, -0.2) is 22.7 Å². The van der Waals surface area contributed by atoms with Crippen molar-refractivity contribution in [3.63, 3.8) is 0 Å². The fraction of sp³-hybridized carbons (Fsp3) is 0.136. The average Bonchev–Trinajstić information content (AvgIpc) is 3.38. The van der Waals surface area contributed by atoms with Gasteiger partial charge < -0.3 is 9.47 Å². The van der Waals surface area contributed by atoms with E-state index < -0.39 is 0 Å². The first-order chi connectivity index (χ1) is 14.7. The number of fused-ring (bicyclic) bond motifs is 2. The number of pyridine rings is 1. The summed E-state index contributed by atoms with van der Waals surface area (Å²) in [5.41, 5.74) is 2.67. The Morgan fingerprint density at radius 3 is 2.87 bits per heavy atom. The molecule has 0 N–H and O–H groups in total. The number of nitrogens with zero attached hydrogens (tertiary/aromatic N) is 3. The lowest BCUT2D eigenvalue weighted by Crippen LogP contribution is -2.31. The van der Waals surface area contributed by atoms with Gasteiger partial charge in [-0.05, 0) is 47.5 Å². The van der Waals surface area contributed by atoms with Gasteiger partial charge in [0.2, 0.25) is 12.7 Å². The van der Waals surface area contributed by atoms with Crippen molar-refractivity contribution in [2.45, 2.75) is 13.0 Å². The van der Waals surface area contributed by atoms with Crippen molar-refractivity contribution in [2.24, 2.45) is 0 Å². The lowest BCUT2D eigenvalue weighted by Gasteiger charge is -2.20. The number of amides is 1. The van der Waals surface area contributed by atoms with E-state index in [1.54, 1.807) is 17.3 Å². The largest absolute Gasteiger partial charge is 0.454 e. The maximum Gasteiger partial charge on any atom is 0.233 e. The second-order valence-corrected chi connectivity index (χ2v) is 8.74. The van der Waals surface area contributed by atoms with Crippen LogP contribution in [0, 0.1) is 0 Å². The summed E-state index contributed by atoms with van der Waals surface area (Å²) in [5, 5.41) is 0.665. The molecule has 1 aliphatic heterocycles. The van der Waals surface area contributed by atoms with E-state index in [9.17, 15) is 4.79 Å². The predicted octanol–water partition coefficient (Wildman–Crippen LogP) is 4.96. The predicted molar refractivity (Wildman–Crippen MR) is 119 cm³/mol. The van der Waals surface area contributed by atoms with Crippen molar-refractivity contribution in [3.05, 3.63) is 76.5 Å². The highest BCUT2D eigenvalue weighted by Crippen LogP contribution is 2.34. The van der Waals surface area contributed by atoms with Crippen molar-refractivity contribution in [1.82, 2.24) is 9.97 Å². The zero-order valence-corrected chi connectivity index (χ0v) is 18.1. The van der Waals surface area contributed by atoms with Gasteiger partial charge in [0.1, 0.15) is 0 Å². The Morgan fingerprint density at radius 2 is 2.00 bits per heavy atom. The monoisotopic (exact) mass is 481 g/mol. The van der Waals surface area contributed by atoms with Crippen molar-refractivity contribution < 1.29 is 14.3 Å². The van der Waals surface area contributed by atoms with Gasteiger partial charge in [0, 0.05) is 16.9 Å². The summed E-state index contributed by atoms with van der Waals surface area (Å²) < 4.78 is 12.8. The summed E-state index contributed by atoms with van der Waals surface area (Å²) in [6, 6.07) is 15.3. The molecule has 4 aromatic rings. The summed E-state index contributed by atoms with van der Waals surface area (Å²) >= 11 is 4.99. The molecule has 0 unspecified atom stereocenters. The summed E-state index contributed by atoms with van der Waals surface area (Å²) in [6.07, 6.45) is 3.72. The first kappa shape index (κ1) is 19.0. The van der Waals surface area contributed by atoms with Crippen LogP contribution in [0.25, 0.3) is 10.2 Å². The van der Waals surface area contributed by atoms with Crippen LogP contribution in [0.3, 0.4) is 0 Å². The summed E-state index contributed by atoms with van der Waals surface area (Å²) in [5.74, 6) is 1.33. The lowest BCUT2D eigenvalue weighted by atomic mass is 10.1. The van der Waals surface area contributed by atoms with Gasteiger partial charge in [0.25, 0.3) is 0 Å². The molecule has 1 aliphatic rings. The first-order valence-electron chi connectivity index (χ1n) is 9.29. The maximum atomic E-state index is 13.4. The number of thiazole rings is 1. The van der Waals surface area contributed by atoms with E-state index in [1.165, 1.54) is 11.3 Å². The number of ether oxygens (including phenoxy) is 2. The Bertz CT molecular complexity index is 1230. The molecule has 0 atom stereocenters. The number of carbonyl (C=O) groups excluding carboxylic acids is 1. The van der Waals surface area contributed by atoms with E-state index in [-0.39, 0.29) is 19.1 Å². The minimum Gasteiger partial charge on any atom is -0.454 e. The molecule has 3 heterocycles. The van der Waals surface area contributed by atoms with Crippen LogP contribution in [-0.2, 0) is 17.8 Å². The van der Waals surface area contributed by atoms with Crippen molar-refractivity contribution in [3.8, 4) is 11.5 Å². The minimum atomic E-state index is -0.0455. The van der Waals surface area contributed by atoms with E-state index in [0.717, 1.165) is 25.8 Å². The summed E-state index contributed by atoms with van der Waals surface area (Å²) in [4.78, 5) is 24.0. The van der Waals surface area contributed by atoms with Crippen LogP contribution in [0.15, 0.2) is 65.4 Å². The third kappa shape index (κ3) is 3.88. The second kappa shape index (κ2) is 8.04. The topological polar surface area (TPSA) is 64.6 Å². The molecule has 6 nitrogen and oxygen atoms in total. The molecule has 0 spiro atoms. The summed E-state index contributed by atoms with van der Waals surface area (Å²) in [6.45, 7) is 0.610. The standard InChI is InChI=1S/C22H16BrN3O3S/c23-16-4-5-17-20(10-16)30-22(25-17)26(12-15-2-1-7-24-11-15)21(27)9-14-3-6-18-19(8-14)29-13-28-18/h1-8,10-11H,9,12-13H2. The Kier molecular flexibility index (Phi) is 5.10. The molecule has 0 saturated heterocycles. The molecule has 150 valence electrons. The Labute approximate surface area is 185 Å². The van der Waals surface area contributed by atoms with Gasteiger partial charge in [0.05, 0.1) is 23.2 Å². The van der Waals surface area contributed by atoms with Crippen LogP contribution < -0.4 is 14.4 Å². The van der Waals surface area contributed by atoms with Gasteiger partial charge in [-0.3, -0.25) is 14.7 Å². The molecule has 30 heavy (non-hydrogen) atoms. The number of carbonyl (C=O) groups is 1. The molecule has 2 aromatic carbocycles. The molecular weight excluding hydrogens is 466 g/mol. The number of aromatic nitrogens is 2. The Morgan fingerprint density at radius 1 is 1.10 bits per heavy atom. The number of halogens is 1. The average molecular weight is 482 g/mol. The molecule has 0 bridgehead atoms. The number of rotatable bonds is 5. The minimum absolute atomic E-state index is 0.0455. The zero-order valence-electron chi connectivity index (χ0n) is 15.7. The van der Waals surface area contributed by atoms with Crippen LogP contribution >= 0.6 is 27.3 Å². The van der Waals surface area contributed by atoms with Crippen LogP contribution in [0.2, 0.25) is 0 Å². The van der Waals surface area contributed by atoms with Gasteiger partial charge >= 0.3 is 0 Å². The van der Waals surface area contributed by atoms with Gasteiger partial charge in [-0.25, -0.2) is 4.98 Å². The van der Waals surface area contributed by atoms with Crippen LogP contribution in [0.5, 0.6) is 11.5 Å². The highest BCUT2D eigenvalue weighted by molar-refractivity contribution is 9.10. The molecule has 0 saturated carbocycles. The quantitative estimate of drug-likeness (QED) is 0.403. The van der Waals surface area contributed by atoms with Crippen molar-refractivity contribution in [2.75, 3.05) is 11.7 Å². The molecule has 1 amide bonds. The number of hydrogen-bond donors (Lipinski definition) is 0. The smallest absolute Gasteiger partial charge is 0.233 e. The zero-order chi connectivity index (χ0) is 20.5. The van der Waals surface area contributed by atoms with E-state index in [0.29, 0.717) is 23.2 Å². The van der Waals surface area contributed by atoms with E-state index in [4.69, 9.17) is 14.5 Å². The highest BCUT2D eigenvalue weighted by atomic mass is 79.9. The van der Waals surface area contributed by atoms with Crippen molar-refractivity contribution >= 4 is 48.5 Å². The van der Waals surface area contributed by atoms with E-state index in [1.807, 2.05) is 48.5 Å². The molecule has 0 radical (unpaired) electrons. The third-order valence-electron chi connectivity index (χ3n) is 4.73.